The van der Waals surface area contributed by atoms with Gasteiger partial charge in [0.05, 0.1) is 30.0 Å². The molecule has 1 N–H and O–H groups in total. The molecule has 3 rings (SSSR count). The zero-order chi connectivity index (χ0) is 19.2. The molecular formula is C21H21ClN2O3. The van der Waals surface area contributed by atoms with Gasteiger partial charge in [-0.25, -0.2) is 0 Å². The number of amides is 1. The Hall–Kier alpha value is -2.76. The molecule has 0 aliphatic heterocycles. The van der Waals surface area contributed by atoms with Gasteiger partial charge in [0, 0.05) is 32.1 Å². The maximum atomic E-state index is 12.7. The fourth-order valence-electron chi connectivity index (χ4n) is 2.88. The van der Waals surface area contributed by atoms with Crippen molar-refractivity contribution in [3.63, 3.8) is 0 Å². The first kappa shape index (κ1) is 19.0. The van der Waals surface area contributed by atoms with Crippen LogP contribution in [0.1, 0.15) is 21.5 Å². The van der Waals surface area contributed by atoms with Crippen LogP contribution in [0.5, 0.6) is 5.75 Å². The first-order valence-electron chi connectivity index (χ1n) is 8.49. The number of benzene rings is 2. The van der Waals surface area contributed by atoms with Crippen LogP contribution in [0.25, 0.3) is 5.69 Å². The third-order valence-electron chi connectivity index (χ3n) is 4.25. The van der Waals surface area contributed by atoms with Crippen molar-refractivity contribution in [1.29, 1.82) is 0 Å². The molecule has 3 aromatic rings. The summed E-state index contributed by atoms with van der Waals surface area (Å²) in [5, 5.41) is 3.40. The zero-order valence-corrected chi connectivity index (χ0v) is 16.0. The van der Waals surface area contributed by atoms with Gasteiger partial charge in [0.2, 0.25) is 0 Å². The van der Waals surface area contributed by atoms with Gasteiger partial charge in [0.1, 0.15) is 5.75 Å². The fraction of sp³-hybridized carbons (Fsp3) is 0.190. The molecule has 0 saturated carbocycles. The first-order chi connectivity index (χ1) is 13.1. The number of ether oxygens (including phenoxy) is 2. The molecule has 0 aliphatic carbocycles. The summed E-state index contributed by atoms with van der Waals surface area (Å²) in [5.74, 6) is 0.214. The predicted octanol–water partition coefficient (Wildman–Crippen LogP) is 4.22. The van der Waals surface area contributed by atoms with Crippen LogP contribution in [0.15, 0.2) is 60.9 Å². The number of nitrogens with one attached hydrogen (secondary N) is 1. The number of carbonyl (C=O) groups excluding carboxylic acids is 1. The summed E-state index contributed by atoms with van der Waals surface area (Å²) < 4.78 is 12.5. The van der Waals surface area contributed by atoms with E-state index >= 15 is 0 Å². The maximum Gasteiger partial charge on any atom is 0.255 e. The topological polar surface area (TPSA) is 52.5 Å². The van der Waals surface area contributed by atoms with Crippen LogP contribution >= 0.6 is 11.6 Å². The average molecular weight is 385 g/mol. The van der Waals surface area contributed by atoms with Crippen molar-refractivity contribution in [2.45, 2.75) is 13.2 Å². The van der Waals surface area contributed by atoms with E-state index in [4.69, 9.17) is 21.1 Å². The average Bonchev–Trinajstić information content (AvgIpc) is 3.21. The van der Waals surface area contributed by atoms with Crippen molar-refractivity contribution in [1.82, 2.24) is 9.88 Å². The highest BCUT2D eigenvalue weighted by atomic mass is 35.5. The molecule has 0 saturated heterocycles. The smallest absolute Gasteiger partial charge is 0.255 e. The largest absolute Gasteiger partial charge is 0.496 e. The second kappa shape index (κ2) is 8.75. The standard InChI is InChI=1S/C21H21ClN2O3/c1-26-14-16-8-4-3-7-15(16)13-23-21(25)17-11-18(22)19(12-20(17)27-2)24-9-5-6-10-24/h3-12H,13-14H2,1-2H3,(H,23,25). The minimum atomic E-state index is -0.250. The van der Waals surface area contributed by atoms with E-state index < -0.39 is 0 Å². The highest BCUT2D eigenvalue weighted by molar-refractivity contribution is 6.33. The second-order valence-electron chi connectivity index (χ2n) is 5.98. The molecule has 1 aromatic heterocycles. The Morgan fingerprint density at radius 1 is 1.07 bits per heavy atom. The molecule has 0 atom stereocenters. The molecule has 0 aliphatic rings. The minimum Gasteiger partial charge on any atom is -0.496 e. The van der Waals surface area contributed by atoms with Crippen LogP contribution in [0.3, 0.4) is 0 Å². The number of rotatable bonds is 7. The van der Waals surface area contributed by atoms with Gasteiger partial charge in [-0.05, 0) is 29.3 Å². The summed E-state index contributed by atoms with van der Waals surface area (Å²) in [6.07, 6.45) is 3.76. The highest BCUT2D eigenvalue weighted by Gasteiger charge is 2.17. The van der Waals surface area contributed by atoms with Gasteiger partial charge in [0.25, 0.3) is 5.91 Å². The van der Waals surface area contributed by atoms with Crippen molar-refractivity contribution in [2.24, 2.45) is 0 Å². The molecule has 2 aromatic carbocycles. The quantitative estimate of drug-likeness (QED) is 0.663. The van der Waals surface area contributed by atoms with Gasteiger partial charge >= 0.3 is 0 Å². The van der Waals surface area contributed by atoms with Crippen molar-refractivity contribution >= 4 is 17.5 Å². The van der Waals surface area contributed by atoms with Gasteiger partial charge in [-0.3, -0.25) is 4.79 Å². The summed E-state index contributed by atoms with van der Waals surface area (Å²) in [4.78, 5) is 12.7. The van der Waals surface area contributed by atoms with Crippen molar-refractivity contribution in [2.75, 3.05) is 14.2 Å². The number of methoxy groups -OCH3 is 2. The Morgan fingerprint density at radius 3 is 2.44 bits per heavy atom. The lowest BCUT2D eigenvalue weighted by atomic mass is 10.1. The van der Waals surface area contributed by atoms with E-state index in [1.54, 1.807) is 19.2 Å². The lowest BCUT2D eigenvalue weighted by molar-refractivity contribution is 0.0947. The number of carbonyl (C=O) groups is 1. The predicted molar refractivity (Wildman–Crippen MR) is 106 cm³/mol. The van der Waals surface area contributed by atoms with Gasteiger partial charge < -0.3 is 19.4 Å². The molecule has 0 spiro atoms. The van der Waals surface area contributed by atoms with E-state index in [-0.39, 0.29) is 5.91 Å². The molecule has 6 heteroatoms. The molecule has 27 heavy (non-hydrogen) atoms. The SMILES string of the molecule is COCc1ccccc1CNC(=O)c1cc(Cl)c(-n2cccc2)cc1OC. The van der Waals surface area contributed by atoms with Crippen molar-refractivity contribution < 1.29 is 14.3 Å². The minimum absolute atomic E-state index is 0.250. The molecule has 0 bridgehead atoms. The van der Waals surface area contributed by atoms with E-state index in [0.717, 1.165) is 16.8 Å². The summed E-state index contributed by atoms with van der Waals surface area (Å²) in [5.41, 5.74) is 3.18. The van der Waals surface area contributed by atoms with E-state index in [1.165, 1.54) is 7.11 Å². The lowest BCUT2D eigenvalue weighted by Crippen LogP contribution is -2.24. The Labute approximate surface area is 163 Å². The molecule has 0 fully saturated rings. The van der Waals surface area contributed by atoms with E-state index in [9.17, 15) is 4.79 Å². The Morgan fingerprint density at radius 2 is 1.78 bits per heavy atom. The number of halogens is 1. The van der Waals surface area contributed by atoms with Crippen LogP contribution in [0, 0.1) is 0 Å². The molecular weight excluding hydrogens is 364 g/mol. The van der Waals surface area contributed by atoms with Gasteiger partial charge in [-0.15, -0.1) is 0 Å². The first-order valence-corrected chi connectivity index (χ1v) is 8.86. The molecule has 140 valence electrons. The van der Waals surface area contributed by atoms with Crippen LogP contribution in [0.2, 0.25) is 5.02 Å². The molecule has 5 nitrogen and oxygen atoms in total. The number of hydrogen-bond donors (Lipinski definition) is 1. The summed E-state index contributed by atoms with van der Waals surface area (Å²) >= 11 is 6.40. The normalized spacial score (nSPS) is 10.6. The molecule has 0 radical (unpaired) electrons. The maximum absolute atomic E-state index is 12.7. The third-order valence-corrected chi connectivity index (χ3v) is 4.56. The van der Waals surface area contributed by atoms with Crippen LogP contribution in [-0.2, 0) is 17.9 Å². The Bertz CT molecular complexity index is 923. The molecule has 1 heterocycles. The Balaban J connectivity index is 1.82. The molecule has 1 amide bonds. The van der Waals surface area contributed by atoms with Gasteiger partial charge in [0.15, 0.2) is 0 Å². The van der Waals surface area contributed by atoms with Gasteiger partial charge in [-0.2, -0.15) is 0 Å². The van der Waals surface area contributed by atoms with E-state index in [2.05, 4.69) is 5.32 Å². The van der Waals surface area contributed by atoms with Crippen molar-refractivity contribution in [3.8, 4) is 11.4 Å². The monoisotopic (exact) mass is 384 g/mol. The van der Waals surface area contributed by atoms with E-state index in [1.807, 2.05) is 53.4 Å². The van der Waals surface area contributed by atoms with E-state index in [0.29, 0.717) is 29.5 Å². The van der Waals surface area contributed by atoms with Crippen LogP contribution < -0.4 is 10.1 Å². The highest BCUT2D eigenvalue weighted by Crippen LogP contribution is 2.30. The second-order valence-corrected chi connectivity index (χ2v) is 6.39. The summed E-state index contributed by atoms with van der Waals surface area (Å²) in [7, 11) is 3.18. The summed E-state index contributed by atoms with van der Waals surface area (Å²) in [6.45, 7) is 0.880. The number of hydrogen-bond acceptors (Lipinski definition) is 3. The Kier molecular flexibility index (Phi) is 6.16. The molecule has 0 unspecified atom stereocenters. The number of aromatic nitrogens is 1. The third kappa shape index (κ3) is 4.32. The van der Waals surface area contributed by atoms with Crippen LogP contribution in [-0.4, -0.2) is 24.7 Å². The zero-order valence-electron chi connectivity index (χ0n) is 15.2. The van der Waals surface area contributed by atoms with Crippen LogP contribution in [0.4, 0.5) is 0 Å². The van der Waals surface area contributed by atoms with Gasteiger partial charge in [-0.1, -0.05) is 35.9 Å². The number of nitrogens with zero attached hydrogens (tertiary/aromatic N) is 1. The lowest BCUT2D eigenvalue weighted by Gasteiger charge is -2.14. The summed E-state index contributed by atoms with van der Waals surface area (Å²) in [6, 6.07) is 15.0. The van der Waals surface area contributed by atoms with Crippen molar-refractivity contribution in [3.05, 3.63) is 82.6 Å². The fourth-order valence-corrected chi connectivity index (χ4v) is 3.14.